The van der Waals surface area contributed by atoms with E-state index >= 15 is 0 Å². The van der Waals surface area contributed by atoms with Crippen LogP contribution in [0, 0.1) is 11.3 Å². The topological polar surface area (TPSA) is 52.8 Å². The van der Waals surface area contributed by atoms with Crippen LogP contribution < -0.4 is 0 Å². The van der Waals surface area contributed by atoms with Crippen LogP contribution in [-0.4, -0.2) is 46.4 Å². The van der Waals surface area contributed by atoms with E-state index in [2.05, 4.69) is 16.0 Å². The second-order valence-electron chi connectivity index (χ2n) is 4.74. The zero-order valence-corrected chi connectivity index (χ0v) is 13.5. The lowest BCUT2D eigenvalue weighted by atomic mass is 10.0. The highest BCUT2D eigenvalue weighted by Gasteiger charge is 2.37. The number of nitriles is 1. The fourth-order valence-corrected chi connectivity index (χ4v) is 3.24. The summed E-state index contributed by atoms with van der Waals surface area (Å²) in [7, 11) is 0. The third kappa shape index (κ3) is 3.84. The highest BCUT2D eigenvalue weighted by Crippen LogP contribution is 2.34. The molecule has 0 N–H and O–H groups in total. The first-order valence-corrected chi connectivity index (χ1v) is 8.92. The van der Waals surface area contributed by atoms with Crippen LogP contribution in [0.4, 0.5) is 8.78 Å². The molecule has 21 heavy (non-hydrogen) atoms. The van der Waals surface area contributed by atoms with Crippen LogP contribution in [-0.2, 0) is 0 Å². The Balaban J connectivity index is 2.24. The molecule has 8 heteroatoms. The fourth-order valence-electron chi connectivity index (χ4n) is 2.27. The van der Waals surface area contributed by atoms with E-state index in [9.17, 15) is 14.0 Å². The van der Waals surface area contributed by atoms with Crippen molar-refractivity contribution in [1.82, 2.24) is 14.9 Å². The first kappa shape index (κ1) is 16.5. The van der Waals surface area contributed by atoms with Crippen LogP contribution in [0.25, 0.3) is 0 Å². The number of likely N-dealkylation sites (tertiary alicyclic amines) is 1. The molecule has 0 saturated carbocycles. The van der Waals surface area contributed by atoms with E-state index in [1.165, 1.54) is 23.5 Å². The van der Waals surface area contributed by atoms with Gasteiger partial charge in [0, 0.05) is 37.7 Å². The molecule has 1 aromatic heterocycles. The van der Waals surface area contributed by atoms with E-state index < -0.39 is 12.0 Å². The molecule has 0 spiro atoms. The minimum atomic E-state index is -2.61. The summed E-state index contributed by atoms with van der Waals surface area (Å²) in [4.78, 5) is 10.4. The summed E-state index contributed by atoms with van der Waals surface area (Å²) in [6.45, 7) is 0.423. The highest BCUT2D eigenvalue weighted by atomic mass is 32.2. The number of nitrogens with zero attached hydrogens (tertiary/aromatic N) is 4. The molecule has 0 aromatic carbocycles. The number of hydrogen-bond acceptors (Lipinski definition) is 6. The van der Waals surface area contributed by atoms with Gasteiger partial charge in [0.15, 0.2) is 5.16 Å². The Hall–Kier alpha value is -0.910. The quantitative estimate of drug-likeness (QED) is 0.480. The Morgan fingerprint density at radius 2 is 2.00 bits per heavy atom. The van der Waals surface area contributed by atoms with Gasteiger partial charge in [-0.25, -0.2) is 18.7 Å². The van der Waals surface area contributed by atoms with Gasteiger partial charge in [0.2, 0.25) is 0 Å². The first-order valence-electron chi connectivity index (χ1n) is 6.47. The molecule has 1 aliphatic heterocycles. The predicted molar refractivity (Wildman–Crippen MR) is 79.7 cm³/mol. The first-order chi connectivity index (χ1) is 10.0. The Kier molecular flexibility index (Phi) is 5.41. The van der Waals surface area contributed by atoms with Crippen molar-refractivity contribution >= 4 is 23.5 Å². The van der Waals surface area contributed by atoms with Gasteiger partial charge in [-0.2, -0.15) is 5.26 Å². The zero-order chi connectivity index (χ0) is 15.5. The Labute approximate surface area is 131 Å². The van der Waals surface area contributed by atoms with Crippen LogP contribution in [0.5, 0.6) is 0 Å². The smallest absolute Gasteiger partial charge is 0.250 e. The Morgan fingerprint density at radius 3 is 2.52 bits per heavy atom. The third-order valence-corrected chi connectivity index (χ3v) is 4.72. The van der Waals surface area contributed by atoms with Crippen LogP contribution in [0.15, 0.2) is 16.4 Å². The average molecular weight is 330 g/mol. The second kappa shape index (κ2) is 6.90. The maximum atomic E-state index is 13.3. The maximum Gasteiger partial charge on any atom is 0.250 e. The molecule has 2 rings (SSSR count). The molecule has 1 atom stereocenters. The zero-order valence-electron chi connectivity index (χ0n) is 11.8. The molecule has 1 saturated heterocycles. The molecule has 2 heterocycles. The van der Waals surface area contributed by atoms with Crippen LogP contribution in [0.2, 0.25) is 0 Å². The fraction of sp³-hybridized carbons (Fsp3) is 0.615. The van der Waals surface area contributed by atoms with Gasteiger partial charge < -0.3 is 0 Å². The van der Waals surface area contributed by atoms with Crippen molar-refractivity contribution in [1.29, 1.82) is 5.26 Å². The number of alkyl halides is 2. The van der Waals surface area contributed by atoms with Gasteiger partial charge in [-0.3, -0.25) is 4.90 Å². The summed E-state index contributed by atoms with van der Waals surface area (Å²) in [6.07, 6.45) is 5.00. The van der Waals surface area contributed by atoms with Gasteiger partial charge in [0.05, 0.1) is 6.07 Å². The van der Waals surface area contributed by atoms with E-state index in [-0.39, 0.29) is 25.9 Å². The van der Waals surface area contributed by atoms with Gasteiger partial charge >= 0.3 is 0 Å². The van der Waals surface area contributed by atoms with Crippen molar-refractivity contribution in [3.05, 3.63) is 11.8 Å². The van der Waals surface area contributed by atoms with Crippen LogP contribution in [0.3, 0.4) is 0 Å². The summed E-state index contributed by atoms with van der Waals surface area (Å²) in [5, 5.41) is 10.8. The minimum Gasteiger partial charge on any atom is -0.284 e. The normalized spacial score (nSPS) is 20.0. The summed E-state index contributed by atoms with van der Waals surface area (Å²) in [5.74, 6) is -2.61. The molecule has 1 unspecified atom stereocenters. The number of halogens is 2. The largest absolute Gasteiger partial charge is 0.284 e. The summed E-state index contributed by atoms with van der Waals surface area (Å²) < 4.78 is 26.5. The van der Waals surface area contributed by atoms with Gasteiger partial charge in [-0.05, 0) is 12.5 Å². The van der Waals surface area contributed by atoms with Gasteiger partial charge in [-0.1, -0.05) is 11.8 Å². The molecule has 114 valence electrons. The number of hydrogen-bond donors (Lipinski definition) is 0. The van der Waals surface area contributed by atoms with Crippen molar-refractivity contribution in [2.75, 3.05) is 25.6 Å². The standard InChI is InChI=1S/C13H16F2N4S2/c1-20-11-9(8-17-12(18-11)21-2)10(7-16)19-5-3-13(14,15)4-6-19/h8,10H,3-6H2,1-2H3. The van der Waals surface area contributed by atoms with E-state index in [1.807, 2.05) is 12.5 Å². The van der Waals surface area contributed by atoms with Crippen molar-refractivity contribution < 1.29 is 8.78 Å². The number of rotatable bonds is 4. The lowest BCUT2D eigenvalue weighted by Crippen LogP contribution is -2.41. The van der Waals surface area contributed by atoms with E-state index in [4.69, 9.17) is 0 Å². The van der Waals surface area contributed by atoms with E-state index in [0.717, 1.165) is 5.03 Å². The monoisotopic (exact) mass is 330 g/mol. The van der Waals surface area contributed by atoms with Crippen molar-refractivity contribution in [2.24, 2.45) is 0 Å². The highest BCUT2D eigenvalue weighted by molar-refractivity contribution is 7.99. The molecule has 4 nitrogen and oxygen atoms in total. The molecule has 1 fully saturated rings. The van der Waals surface area contributed by atoms with E-state index in [1.54, 1.807) is 11.1 Å². The average Bonchev–Trinajstić information content (AvgIpc) is 2.49. The van der Waals surface area contributed by atoms with Crippen LogP contribution in [0.1, 0.15) is 24.4 Å². The summed E-state index contributed by atoms with van der Waals surface area (Å²) in [5.41, 5.74) is 0.702. The second-order valence-corrected chi connectivity index (χ2v) is 6.31. The van der Waals surface area contributed by atoms with Gasteiger partial charge in [0.1, 0.15) is 11.1 Å². The molecule has 1 aliphatic rings. The lowest BCUT2D eigenvalue weighted by Gasteiger charge is -2.34. The Bertz CT molecular complexity index is 537. The van der Waals surface area contributed by atoms with Crippen molar-refractivity contribution in [3.8, 4) is 6.07 Å². The number of piperidine rings is 1. The van der Waals surface area contributed by atoms with E-state index in [0.29, 0.717) is 10.7 Å². The maximum absolute atomic E-state index is 13.3. The minimum absolute atomic E-state index is 0.205. The number of thioether (sulfide) groups is 2. The van der Waals surface area contributed by atoms with Crippen LogP contribution >= 0.6 is 23.5 Å². The molecular formula is C13H16F2N4S2. The van der Waals surface area contributed by atoms with Gasteiger partial charge in [-0.15, -0.1) is 11.8 Å². The third-order valence-electron chi connectivity index (χ3n) is 3.45. The predicted octanol–water partition coefficient (Wildman–Crippen LogP) is 3.22. The van der Waals surface area contributed by atoms with Gasteiger partial charge in [0.25, 0.3) is 5.92 Å². The van der Waals surface area contributed by atoms with Crippen molar-refractivity contribution in [2.45, 2.75) is 35.0 Å². The molecule has 0 aliphatic carbocycles. The van der Waals surface area contributed by atoms with Crippen molar-refractivity contribution in [3.63, 3.8) is 0 Å². The molecule has 0 radical (unpaired) electrons. The molecule has 0 bridgehead atoms. The molecule has 0 amide bonds. The lowest BCUT2D eigenvalue weighted by molar-refractivity contribution is -0.0596. The molecular weight excluding hydrogens is 314 g/mol. The number of aromatic nitrogens is 2. The summed E-state index contributed by atoms with van der Waals surface area (Å²) >= 11 is 2.87. The SMILES string of the molecule is CSc1ncc(C(C#N)N2CCC(F)(F)CC2)c(SC)n1. The molecule has 1 aromatic rings. The Morgan fingerprint density at radius 1 is 1.33 bits per heavy atom. The summed E-state index contributed by atoms with van der Waals surface area (Å²) in [6, 6.07) is 1.64.